The molecule has 2 heteroatoms. The summed E-state index contributed by atoms with van der Waals surface area (Å²) in [4.78, 5) is 0. The zero-order valence-corrected chi connectivity index (χ0v) is 11.1. The molecule has 1 atom stereocenters. The fraction of sp³-hybridized carbons (Fsp3) is 0.600. The van der Waals surface area contributed by atoms with Crippen LogP contribution in [-0.4, -0.2) is 19.2 Å². The summed E-state index contributed by atoms with van der Waals surface area (Å²) in [5.41, 5.74) is 2.58. The third-order valence-electron chi connectivity index (χ3n) is 3.39. The van der Waals surface area contributed by atoms with Crippen molar-refractivity contribution in [1.82, 2.24) is 5.32 Å². The van der Waals surface area contributed by atoms with E-state index in [0.29, 0.717) is 12.0 Å². The van der Waals surface area contributed by atoms with Gasteiger partial charge in [0.2, 0.25) is 0 Å². The van der Waals surface area contributed by atoms with Crippen molar-refractivity contribution in [1.29, 1.82) is 0 Å². The van der Waals surface area contributed by atoms with Crippen molar-refractivity contribution in [3.05, 3.63) is 29.3 Å². The zero-order chi connectivity index (χ0) is 12.3. The predicted octanol–water partition coefficient (Wildman–Crippen LogP) is 3.25. The van der Waals surface area contributed by atoms with Crippen molar-refractivity contribution in [2.45, 2.75) is 45.6 Å². The van der Waals surface area contributed by atoms with E-state index < -0.39 is 0 Å². The molecule has 0 amide bonds. The lowest BCUT2D eigenvalue weighted by Gasteiger charge is -2.17. The molecule has 2 rings (SSSR count). The van der Waals surface area contributed by atoms with Crippen LogP contribution < -0.4 is 10.1 Å². The SMILES string of the molecule is Cc1ccc(C(C)C)c(OC[C@@H]2CCCN2)c1. The van der Waals surface area contributed by atoms with E-state index in [1.165, 1.54) is 24.0 Å². The summed E-state index contributed by atoms with van der Waals surface area (Å²) in [6.07, 6.45) is 2.52. The Kier molecular flexibility index (Phi) is 4.06. The standard InChI is InChI=1S/C15H23NO/c1-11(2)14-7-6-12(3)9-15(14)17-10-13-5-4-8-16-13/h6-7,9,11,13,16H,4-5,8,10H2,1-3H3/t13-/m0/s1. The number of rotatable bonds is 4. The van der Waals surface area contributed by atoms with E-state index in [1.807, 2.05) is 0 Å². The maximum absolute atomic E-state index is 6.00. The summed E-state index contributed by atoms with van der Waals surface area (Å²) in [5.74, 6) is 1.58. The first kappa shape index (κ1) is 12.4. The van der Waals surface area contributed by atoms with Gasteiger partial charge in [0, 0.05) is 6.04 Å². The molecule has 0 radical (unpaired) electrons. The lowest BCUT2D eigenvalue weighted by molar-refractivity contribution is 0.274. The maximum atomic E-state index is 6.00. The van der Waals surface area contributed by atoms with Gasteiger partial charge in [-0.3, -0.25) is 0 Å². The molecule has 1 aromatic carbocycles. The average Bonchev–Trinajstić information content (AvgIpc) is 2.78. The van der Waals surface area contributed by atoms with E-state index in [0.717, 1.165) is 18.9 Å². The van der Waals surface area contributed by atoms with Crippen LogP contribution >= 0.6 is 0 Å². The quantitative estimate of drug-likeness (QED) is 0.862. The van der Waals surface area contributed by atoms with E-state index in [9.17, 15) is 0 Å². The van der Waals surface area contributed by atoms with Crippen LogP contribution in [0, 0.1) is 6.92 Å². The Morgan fingerprint density at radius 3 is 2.88 bits per heavy atom. The minimum atomic E-state index is 0.516. The largest absolute Gasteiger partial charge is 0.492 e. The van der Waals surface area contributed by atoms with E-state index in [-0.39, 0.29) is 0 Å². The molecular weight excluding hydrogens is 210 g/mol. The number of hydrogen-bond acceptors (Lipinski definition) is 2. The van der Waals surface area contributed by atoms with E-state index >= 15 is 0 Å². The van der Waals surface area contributed by atoms with Gasteiger partial charge in [-0.15, -0.1) is 0 Å². The summed E-state index contributed by atoms with van der Waals surface area (Å²) in [7, 11) is 0. The van der Waals surface area contributed by atoms with Crippen molar-refractivity contribution in [2.24, 2.45) is 0 Å². The molecule has 1 saturated heterocycles. The Labute approximate surface area is 104 Å². The van der Waals surface area contributed by atoms with Gasteiger partial charge in [0.15, 0.2) is 0 Å². The highest BCUT2D eigenvalue weighted by Crippen LogP contribution is 2.27. The Morgan fingerprint density at radius 2 is 2.24 bits per heavy atom. The molecule has 0 bridgehead atoms. The predicted molar refractivity (Wildman–Crippen MR) is 71.8 cm³/mol. The van der Waals surface area contributed by atoms with Gasteiger partial charge >= 0.3 is 0 Å². The van der Waals surface area contributed by atoms with Gasteiger partial charge in [-0.1, -0.05) is 26.0 Å². The highest BCUT2D eigenvalue weighted by molar-refractivity contribution is 5.39. The van der Waals surface area contributed by atoms with Crippen LogP contribution in [0.2, 0.25) is 0 Å². The van der Waals surface area contributed by atoms with Crippen LogP contribution in [0.3, 0.4) is 0 Å². The van der Waals surface area contributed by atoms with Crippen LogP contribution in [0.4, 0.5) is 0 Å². The molecule has 1 aromatic rings. The van der Waals surface area contributed by atoms with Gasteiger partial charge in [0.25, 0.3) is 0 Å². The van der Waals surface area contributed by atoms with Crippen molar-refractivity contribution in [3.8, 4) is 5.75 Å². The van der Waals surface area contributed by atoms with Crippen LogP contribution in [0.15, 0.2) is 18.2 Å². The first-order chi connectivity index (χ1) is 8.16. The topological polar surface area (TPSA) is 21.3 Å². The Morgan fingerprint density at radius 1 is 1.41 bits per heavy atom. The lowest BCUT2D eigenvalue weighted by atomic mass is 10.0. The first-order valence-electron chi connectivity index (χ1n) is 6.63. The van der Waals surface area contributed by atoms with Gasteiger partial charge < -0.3 is 10.1 Å². The van der Waals surface area contributed by atoms with E-state index in [4.69, 9.17) is 4.74 Å². The van der Waals surface area contributed by atoms with Crippen molar-refractivity contribution < 1.29 is 4.74 Å². The van der Waals surface area contributed by atoms with E-state index in [2.05, 4.69) is 44.3 Å². The molecule has 0 aliphatic carbocycles. The third kappa shape index (κ3) is 3.22. The summed E-state index contributed by atoms with van der Waals surface area (Å²) >= 11 is 0. The van der Waals surface area contributed by atoms with Crippen LogP contribution in [0.1, 0.15) is 43.7 Å². The monoisotopic (exact) mass is 233 g/mol. The highest BCUT2D eigenvalue weighted by Gasteiger charge is 2.15. The summed E-state index contributed by atoms with van der Waals surface area (Å²) in [6, 6.07) is 7.05. The second-order valence-electron chi connectivity index (χ2n) is 5.30. The Hall–Kier alpha value is -1.02. The Bertz CT molecular complexity index is 367. The van der Waals surface area contributed by atoms with Crippen LogP contribution in [-0.2, 0) is 0 Å². The van der Waals surface area contributed by atoms with Crippen molar-refractivity contribution >= 4 is 0 Å². The number of aryl methyl sites for hydroxylation is 1. The molecular formula is C15H23NO. The van der Waals surface area contributed by atoms with Gasteiger partial charge in [-0.2, -0.15) is 0 Å². The lowest BCUT2D eigenvalue weighted by Crippen LogP contribution is -2.28. The second kappa shape index (κ2) is 5.54. The molecule has 0 saturated carbocycles. The molecule has 0 aromatic heterocycles. The zero-order valence-electron chi connectivity index (χ0n) is 11.1. The molecule has 1 heterocycles. The maximum Gasteiger partial charge on any atom is 0.123 e. The second-order valence-corrected chi connectivity index (χ2v) is 5.30. The fourth-order valence-corrected chi connectivity index (χ4v) is 2.33. The van der Waals surface area contributed by atoms with Crippen LogP contribution in [0.5, 0.6) is 5.75 Å². The first-order valence-corrected chi connectivity index (χ1v) is 6.63. The number of benzene rings is 1. The van der Waals surface area contributed by atoms with Gasteiger partial charge in [-0.05, 0) is 49.4 Å². The highest BCUT2D eigenvalue weighted by atomic mass is 16.5. The number of ether oxygens (including phenoxy) is 1. The molecule has 94 valence electrons. The van der Waals surface area contributed by atoms with Gasteiger partial charge in [0.05, 0.1) is 0 Å². The Balaban J connectivity index is 2.04. The van der Waals surface area contributed by atoms with Crippen molar-refractivity contribution in [3.63, 3.8) is 0 Å². The molecule has 0 spiro atoms. The molecule has 1 aliphatic heterocycles. The average molecular weight is 233 g/mol. The fourth-order valence-electron chi connectivity index (χ4n) is 2.33. The molecule has 0 unspecified atom stereocenters. The van der Waals surface area contributed by atoms with Crippen molar-refractivity contribution in [2.75, 3.05) is 13.2 Å². The van der Waals surface area contributed by atoms with Crippen LogP contribution in [0.25, 0.3) is 0 Å². The summed E-state index contributed by atoms with van der Waals surface area (Å²) < 4.78 is 6.00. The number of hydrogen-bond donors (Lipinski definition) is 1. The minimum absolute atomic E-state index is 0.516. The third-order valence-corrected chi connectivity index (χ3v) is 3.39. The van der Waals surface area contributed by atoms with Gasteiger partial charge in [-0.25, -0.2) is 0 Å². The minimum Gasteiger partial charge on any atom is -0.492 e. The van der Waals surface area contributed by atoms with E-state index in [1.54, 1.807) is 0 Å². The molecule has 1 N–H and O–H groups in total. The summed E-state index contributed by atoms with van der Waals surface area (Å²) in [5, 5.41) is 3.47. The van der Waals surface area contributed by atoms with Gasteiger partial charge in [0.1, 0.15) is 12.4 Å². The molecule has 1 fully saturated rings. The number of nitrogens with one attached hydrogen (secondary N) is 1. The molecule has 17 heavy (non-hydrogen) atoms. The molecule has 1 aliphatic rings. The molecule has 2 nitrogen and oxygen atoms in total. The smallest absolute Gasteiger partial charge is 0.123 e. The normalized spacial score (nSPS) is 19.9. The summed E-state index contributed by atoms with van der Waals surface area (Å²) in [6.45, 7) is 8.48.